The Morgan fingerprint density at radius 1 is 1.25 bits per heavy atom. The molecule has 28 heavy (non-hydrogen) atoms. The molecule has 2 heterocycles. The van der Waals surface area contributed by atoms with E-state index in [0.29, 0.717) is 35.5 Å². The van der Waals surface area contributed by atoms with Crippen molar-refractivity contribution in [2.45, 2.75) is 31.6 Å². The van der Waals surface area contributed by atoms with E-state index in [1.807, 2.05) is 19.2 Å². The summed E-state index contributed by atoms with van der Waals surface area (Å²) in [4.78, 5) is 8.90. The lowest BCUT2D eigenvalue weighted by atomic mass is 9.83. The fraction of sp³-hybridized carbons (Fsp3) is 0.333. The van der Waals surface area contributed by atoms with Crippen LogP contribution in [-0.2, 0) is 13.5 Å². The molecular weight excluding hydrogens is 352 g/mol. The third-order valence-electron chi connectivity index (χ3n) is 5.08. The first-order valence-electron chi connectivity index (χ1n) is 9.45. The molecule has 4 rings (SSSR count). The summed E-state index contributed by atoms with van der Waals surface area (Å²) in [6.45, 7) is 0.553. The Hall–Kier alpha value is -3.24. The van der Waals surface area contributed by atoms with Crippen LogP contribution in [0.25, 0.3) is 11.4 Å². The zero-order chi connectivity index (χ0) is 19.5. The number of nitrogens with zero attached hydrogens (tertiary/aromatic N) is 5. The summed E-state index contributed by atoms with van der Waals surface area (Å²) in [6, 6.07) is 9.40. The Morgan fingerprint density at radius 2 is 2.04 bits per heavy atom. The van der Waals surface area contributed by atoms with Crippen molar-refractivity contribution in [3.63, 3.8) is 0 Å². The number of nitrogens with two attached hydrogens (primary N) is 1. The van der Waals surface area contributed by atoms with Crippen LogP contribution < -0.4 is 10.5 Å². The van der Waals surface area contributed by atoms with E-state index in [-0.39, 0.29) is 0 Å². The molecule has 1 saturated carbocycles. The van der Waals surface area contributed by atoms with Crippen LogP contribution in [0.3, 0.4) is 0 Å². The third-order valence-corrected chi connectivity index (χ3v) is 5.08. The van der Waals surface area contributed by atoms with Crippen LogP contribution in [0.4, 0.5) is 0 Å². The Kier molecular flexibility index (Phi) is 5.04. The molecule has 142 valence electrons. The molecule has 1 aromatic carbocycles. The maximum atomic E-state index is 9.29. The molecule has 7 heteroatoms. The molecule has 0 bridgehead atoms. The van der Waals surface area contributed by atoms with Gasteiger partial charge in [0, 0.05) is 31.4 Å². The Labute approximate surface area is 163 Å². The first-order chi connectivity index (χ1) is 13.7. The molecule has 1 fully saturated rings. The predicted molar refractivity (Wildman–Crippen MR) is 105 cm³/mol. The molecule has 0 unspecified atom stereocenters. The van der Waals surface area contributed by atoms with Crippen molar-refractivity contribution in [3.05, 3.63) is 53.5 Å². The van der Waals surface area contributed by atoms with Crippen LogP contribution in [0.5, 0.6) is 11.6 Å². The van der Waals surface area contributed by atoms with Crippen molar-refractivity contribution in [3.8, 4) is 29.1 Å². The molecule has 0 saturated heterocycles. The fourth-order valence-electron chi connectivity index (χ4n) is 3.23. The minimum atomic E-state index is 0.514. The summed E-state index contributed by atoms with van der Waals surface area (Å²) in [5, 5.41) is 13.9. The van der Waals surface area contributed by atoms with E-state index in [4.69, 9.17) is 10.5 Å². The number of benzene rings is 1. The van der Waals surface area contributed by atoms with Gasteiger partial charge in [0.15, 0.2) is 5.82 Å². The Balaban J connectivity index is 1.67. The molecule has 7 nitrogen and oxygen atoms in total. The second kappa shape index (κ2) is 7.79. The van der Waals surface area contributed by atoms with Gasteiger partial charge >= 0.3 is 0 Å². The van der Waals surface area contributed by atoms with Gasteiger partial charge in [-0.1, -0.05) is 6.42 Å². The third kappa shape index (κ3) is 3.59. The molecule has 2 aromatic heterocycles. The van der Waals surface area contributed by atoms with Crippen LogP contribution in [0, 0.1) is 11.3 Å². The van der Waals surface area contributed by atoms with Crippen molar-refractivity contribution in [2.24, 2.45) is 12.8 Å². The van der Waals surface area contributed by atoms with E-state index in [2.05, 4.69) is 21.1 Å². The van der Waals surface area contributed by atoms with Gasteiger partial charge in [-0.3, -0.25) is 0 Å². The number of hydrogen-bond acceptors (Lipinski definition) is 6. The van der Waals surface area contributed by atoms with Gasteiger partial charge < -0.3 is 10.5 Å². The van der Waals surface area contributed by atoms with Crippen molar-refractivity contribution >= 4 is 0 Å². The normalized spacial score (nSPS) is 13.8. The summed E-state index contributed by atoms with van der Waals surface area (Å²) < 4.78 is 7.90. The van der Waals surface area contributed by atoms with Crippen LogP contribution >= 0.6 is 0 Å². The number of ether oxygens (including phenoxy) is 1. The molecule has 0 amide bonds. The summed E-state index contributed by atoms with van der Waals surface area (Å²) in [5.41, 5.74) is 8.87. The van der Waals surface area contributed by atoms with E-state index in [0.717, 1.165) is 23.2 Å². The average Bonchev–Trinajstić information content (AvgIpc) is 3.01. The van der Waals surface area contributed by atoms with E-state index >= 15 is 0 Å². The van der Waals surface area contributed by atoms with Gasteiger partial charge in [-0.25, -0.2) is 14.6 Å². The molecular formula is C21H22N6O. The number of aryl methyl sites for hydroxylation is 1. The zero-order valence-electron chi connectivity index (χ0n) is 15.8. The van der Waals surface area contributed by atoms with Crippen LogP contribution in [0.2, 0.25) is 0 Å². The van der Waals surface area contributed by atoms with Gasteiger partial charge in [0.25, 0.3) is 0 Å². The van der Waals surface area contributed by atoms with Gasteiger partial charge in [0.1, 0.15) is 5.75 Å². The number of rotatable bonds is 6. The second-order valence-corrected chi connectivity index (χ2v) is 7.04. The minimum absolute atomic E-state index is 0.514. The van der Waals surface area contributed by atoms with Gasteiger partial charge in [-0.2, -0.15) is 10.4 Å². The number of nitriles is 1. The highest BCUT2D eigenvalue weighted by molar-refractivity contribution is 5.66. The van der Waals surface area contributed by atoms with Crippen molar-refractivity contribution in [1.82, 2.24) is 19.7 Å². The highest BCUT2D eigenvalue weighted by atomic mass is 16.5. The molecule has 3 aromatic rings. The molecule has 1 aliphatic rings. The van der Waals surface area contributed by atoms with E-state index in [9.17, 15) is 5.26 Å². The molecule has 0 aliphatic heterocycles. The number of aromatic nitrogens is 4. The predicted octanol–water partition coefficient (Wildman–Crippen LogP) is 3.31. The maximum absolute atomic E-state index is 9.29. The summed E-state index contributed by atoms with van der Waals surface area (Å²) in [5.74, 6) is 2.24. The SMILES string of the molecule is Cn1nc(C2CCC2)cc1Oc1cc(C#N)ccc1-c1ncc(CCN)cn1. The van der Waals surface area contributed by atoms with Crippen molar-refractivity contribution in [1.29, 1.82) is 5.26 Å². The summed E-state index contributed by atoms with van der Waals surface area (Å²) in [7, 11) is 1.86. The van der Waals surface area contributed by atoms with Gasteiger partial charge in [-0.05, 0) is 49.6 Å². The van der Waals surface area contributed by atoms with Gasteiger partial charge in [0.05, 0.1) is 22.9 Å². The Morgan fingerprint density at radius 3 is 2.68 bits per heavy atom. The first-order valence-corrected chi connectivity index (χ1v) is 9.45. The second-order valence-electron chi connectivity index (χ2n) is 7.04. The molecule has 0 atom stereocenters. The molecule has 2 N–H and O–H groups in total. The molecule has 0 radical (unpaired) electrons. The molecule has 1 aliphatic carbocycles. The van der Waals surface area contributed by atoms with Crippen molar-refractivity contribution in [2.75, 3.05) is 6.54 Å². The first kappa shape index (κ1) is 18.1. The van der Waals surface area contributed by atoms with E-state index in [1.54, 1.807) is 29.2 Å². The largest absolute Gasteiger partial charge is 0.438 e. The minimum Gasteiger partial charge on any atom is -0.438 e. The fourth-order valence-corrected chi connectivity index (χ4v) is 3.23. The maximum Gasteiger partial charge on any atom is 0.217 e. The lowest BCUT2D eigenvalue weighted by Crippen LogP contribution is -2.09. The lowest BCUT2D eigenvalue weighted by molar-refractivity contribution is 0.406. The average molecular weight is 374 g/mol. The summed E-state index contributed by atoms with van der Waals surface area (Å²) in [6.07, 6.45) is 7.88. The van der Waals surface area contributed by atoms with Gasteiger partial charge in [-0.15, -0.1) is 0 Å². The monoisotopic (exact) mass is 374 g/mol. The standard InChI is InChI=1S/C21H22N6O/c1-27-20(10-18(26-27)16-3-2-4-16)28-19-9-14(11-23)5-6-17(19)21-24-12-15(7-8-22)13-25-21/h5-6,9-10,12-13,16H,2-4,7-8,22H2,1H3. The summed E-state index contributed by atoms with van der Waals surface area (Å²) >= 11 is 0. The number of hydrogen-bond donors (Lipinski definition) is 1. The smallest absolute Gasteiger partial charge is 0.217 e. The van der Waals surface area contributed by atoms with Gasteiger partial charge in [0.2, 0.25) is 5.88 Å². The van der Waals surface area contributed by atoms with E-state index < -0.39 is 0 Å². The van der Waals surface area contributed by atoms with Crippen LogP contribution in [0.15, 0.2) is 36.7 Å². The zero-order valence-corrected chi connectivity index (χ0v) is 15.8. The highest BCUT2D eigenvalue weighted by Crippen LogP contribution is 2.38. The topological polar surface area (TPSA) is 103 Å². The lowest BCUT2D eigenvalue weighted by Gasteiger charge is -2.22. The quantitative estimate of drug-likeness (QED) is 0.710. The van der Waals surface area contributed by atoms with Crippen LogP contribution in [-0.4, -0.2) is 26.3 Å². The van der Waals surface area contributed by atoms with Crippen LogP contribution in [0.1, 0.15) is 42.0 Å². The Bertz CT molecular complexity index is 1010. The van der Waals surface area contributed by atoms with E-state index in [1.165, 1.54) is 19.3 Å². The van der Waals surface area contributed by atoms with Crippen molar-refractivity contribution < 1.29 is 4.74 Å². The molecule has 0 spiro atoms. The highest BCUT2D eigenvalue weighted by Gasteiger charge is 2.24.